The number of nitrogen functional groups attached to an aromatic ring is 1. The molecule has 1 aromatic carbocycles. The Kier molecular flexibility index (Phi) is 3.93. The van der Waals surface area contributed by atoms with Crippen LogP contribution in [0.25, 0.3) is 0 Å². The van der Waals surface area contributed by atoms with Crippen molar-refractivity contribution in [3.63, 3.8) is 0 Å². The molecule has 3 N–H and O–H groups in total. The molecule has 1 aromatic rings. The van der Waals surface area contributed by atoms with Gasteiger partial charge in [0.2, 0.25) is 0 Å². The minimum Gasteiger partial charge on any atom is -0.478 e. The molecule has 0 spiro atoms. The molecule has 104 valence electrons. The third kappa shape index (κ3) is 2.97. The highest BCUT2D eigenvalue weighted by molar-refractivity contribution is 6.00. The fourth-order valence-corrected chi connectivity index (χ4v) is 2.26. The molecule has 0 saturated heterocycles. The molecule has 0 atom stereocenters. The molecule has 1 aliphatic carbocycles. The van der Waals surface area contributed by atoms with Crippen LogP contribution in [0.1, 0.15) is 36.5 Å². The number of nitrogens with two attached hydrogens (primary N) is 1. The number of carboxylic acid groups (broad SMARTS) is 1. The Morgan fingerprint density at radius 1 is 1.53 bits per heavy atom. The van der Waals surface area contributed by atoms with Gasteiger partial charge in [0, 0.05) is 13.1 Å². The van der Waals surface area contributed by atoms with E-state index in [4.69, 9.17) is 5.73 Å². The van der Waals surface area contributed by atoms with Crippen molar-refractivity contribution in [1.82, 2.24) is 0 Å². The van der Waals surface area contributed by atoms with Gasteiger partial charge in [-0.3, -0.25) is 0 Å². The van der Waals surface area contributed by atoms with Crippen molar-refractivity contribution in [3.8, 4) is 0 Å². The molecule has 0 bridgehead atoms. The lowest BCUT2D eigenvalue weighted by Crippen LogP contribution is -2.28. The van der Waals surface area contributed by atoms with E-state index in [0.717, 1.165) is 19.5 Å². The number of nitrogens with zero attached hydrogens (tertiary/aromatic N) is 1. The Hall–Kier alpha value is -1.78. The number of carbonyl (C=O) groups is 1. The Morgan fingerprint density at radius 3 is 2.74 bits per heavy atom. The summed E-state index contributed by atoms with van der Waals surface area (Å²) in [7, 11) is 0. The first kappa shape index (κ1) is 13.6. The summed E-state index contributed by atoms with van der Waals surface area (Å²) in [5, 5.41) is 9.26. The molecule has 5 heteroatoms. The van der Waals surface area contributed by atoms with Gasteiger partial charge in [-0.2, -0.15) is 0 Å². The monoisotopic (exact) mass is 266 g/mol. The van der Waals surface area contributed by atoms with Crippen LogP contribution in [0.4, 0.5) is 15.8 Å². The SMILES string of the molecule is CCCN(CC1CC1)c1ccc(F)c(N)c1C(=O)O. The fourth-order valence-electron chi connectivity index (χ4n) is 2.26. The van der Waals surface area contributed by atoms with E-state index in [1.54, 1.807) is 0 Å². The van der Waals surface area contributed by atoms with Crippen LogP contribution in [0.2, 0.25) is 0 Å². The van der Waals surface area contributed by atoms with Crippen LogP contribution in [0, 0.1) is 11.7 Å². The molecular formula is C14H19FN2O2. The fraction of sp³-hybridized carbons (Fsp3) is 0.500. The number of halogens is 1. The molecule has 1 fully saturated rings. The summed E-state index contributed by atoms with van der Waals surface area (Å²) in [6.07, 6.45) is 3.27. The number of anilines is 2. The predicted molar refractivity (Wildman–Crippen MR) is 73.0 cm³/mol. The van der Waals surface area contributed by atoms with Gasteiger partial charge in [0.15, 0.2) is 0 Å². The molecule has 0 unspecified atom stereocenters. The lowest BCUT2D eigenvalue weighted by molar-refractivity contribution is 0.0698. The van der Waals surface area contributed by atoms with Gasteiger partial charge in [-0.05, 0) is 37.3 Å². The summed E-state index contributed by atoms with van der Waals surface area (Å²) in [5.74, 6) is -1.23. The molecule has 2 rings (SSSR count). The minimum atomic E-state index is -1.18. The van der Waals surface area contributed by atoms with E-state index < -0.39 is 11.8 Å². The van der Waals surface area contributed by atoms with E-state index in [9.17, 15) is 14.3 Å². The summed E-state index contributed by atoms with van der Waals surface area (Å²) in [6.45, 7) is 3.61. The first-order valence-electron chi connectivity index (χ1n) is 6.60. The van der Waals surface area contributed by atoms with E-state index in [1.807, 2.05) is 11.8 Å². The van der Waals surface area contributed by atoms with Crippen molar-refractivity contribution in [2.75, 3.05) is 23.7 Å². The number of aromatic carboxylic acids is 1. The molecule has 1 aliphatic rings. The van der Waals surface area contributed by atoms with Crippen molar-refractivity contribution in [2.24, 2.45) is 5.92 Å². The van der Waals surface area contributed by atoms with E-state index in [-0.39, 0.29) is 11.3 Å². The third-order valence-corrected chi connectivity index (χ3v) is 3.39. The lowest BCUT2D eigenvalue weighted by Gasteiger charge is -2.26. The van der Waals surface area contributed by atoms with Gasteiger partial charge in [-0.15, -0.1) is 0 Å². The molecule has 0 heterocycles. The standard InChI is InChI=1S/C14H19FN2O2/c1-2-7-17(8-9-3-4-9)11-6-5-10(15)13(16)12(11)14(18)19/h5-6,9H,2-4,7-8,16H2,1H3,(H,18,19). The van der Waals surface area contributed by atoms with Crippen LogP contribution in [-0.2, 0) is 0 Å². The first-order valence-corrected chi connectivity index (χ1v) is 6.60. The molecule has 0 radical (unpaired) electrons. The van der Waals surface area contributed by atoms with Crippen LogP contribution in [-0.4, -0.2) is 24.2 Å². The Morgan fingerprint density at radius 2 is 2.21 bits per heavy atom. The maximum absolute atomic E-state index is 13.4. The van der Waals surface area contributed by atoms with Gasteiger partial charge in [0.25, 0.3) is 0 Å². The highest BCUT2D eigenvalue weighted by atomic mass is 19.1. The smallest absolute Gasteiger partial charge is 0.340 e. The van der Waals surface area contributed by atoms with Crippen LogP contribution < -0.4 is 10.6 Å². The normalized spacial score (nSPS) is 14.4. The number of rotatable bonds is 6. The third-order valence-electron chi connectivity index (χ3n) is 3.39. The predicted octanol–water partition coefficient (Wildman–Crippen LogP) is 2.73. The zero-order valence-electron chi connectivity index (χ0n) is 11.0. The Bertz CT molecular complexity index is 487. The molecule has 1 saturated carbocycles. The zero-order chi connectivity index (χ0) is 14.0. The van der Waals surface area contributed by atoms with Gasteiger partial charge in [0.1, 0.15) is 11.4 Å². The topological polar surface area (TPSA) is 66.6 Å². The lowest BCUT2D eigenvalue weighted by atomic mass is 10.1. The van der Waals surface area contributed by atoms with Crippen molar-refractivity contribution < 1.29 is 14.3 Å². The molecule has 0 amide bonds. The Labute approximate surface area is 112 Å². The van der Waals surface area contributed by atoms with Gasteiger partial charge < -0.3 is 15.7 Å². The summed E-state index contributed by atoms with van der Waals surface area (Å²) < 4.78 is 13.4. The highest BCUT2D eigenvalue weighted by Crippen LogP contribution is 2.34. The number of hydrogen-bond acceptors (Lipinski definition) is 3. The van der Waals surface area contributed by atoms with Gasteiger partial charge in [-0.1, -0.05) is 6.92 Å². The molecule has 0 aromatic heterocycles. The van der Waals surface area contributed by atoms with E-state index in [1.165, 1.54) is 25.0 Å². The highest BCUT2D eigenvalue weighted by Gasteiger charge is 2.27. The summed E-state index contributed by atoms with van der Waals surface area (Å²) in [5.41, 5.74) is 5.72. The Balaban J connectivity index is 2.39. The largest absolute Gasteiger partial charge is 0.478 e. The van der Waals surface area contributed by atoms with Crippen molar-refractivity contribution in [3.05, 3.63) is 23.5 Å². The quantitative estimate of drug-likeness (QED) is 0.777. The van der Waals surface area contributed by atoms with Crippen molar-refractivity contribution in [2.45, 2.75) is 26.2 Å². The number of benzene rings is 1. The number of hydrogen-bond donors (Lipinski definition) is 2. The molecular weight excluding hydrogens is 247 g/mol. The van der Waals surface area contributed by atoms with Gasteiger partial charge in [0.05, 0.1) is 11.4 Å². The van der Waals surface area contributed by atoms with Crippen LogP contribution in [0.5, 0.6) is 0 Å². The second-order valence-corrected chi connectivity index (χ2v) is 5.05. The number of carboxylic acids is 1. The molecule has 19 heavy (non-hydrogen) atoms. The first-order chi connectivity index (χ1) is 9.04. The van der Waals surface area contributed by atoms with E-state index in [0.29, 0.717) is 11.6 Å². The second kappa shape index (κ2) is 5.47. The van der Waals surface area contributed by atoms with Crippen molar-refractivity contribution >= 4 is 17.3 Å². The van der Waals surface area contributed by atoms with Crippen LogP contribution in [0.3, 0.4) is 0 Å². The van der Waals surface area contributed by atoms with Gasteiger partial charge >= 0.3 is 5.97 Å². The molecule has 4 nitrogen and oxygen atoms in total. The van der Waals surface area contributed by atoms with Gasteiger partial charge in [-0.25, -0.2) is 9.18 Å². The zero-order valence-corrected chi connectivity index (χ0v) is 11.0. The average Bonchev–Trinajstić information content (AvgIpc) is 3.15. The maximum Gasteiger partial charge on any atom is 0.340 e. The minimum absolute atomic E-state index is 0.117. The van der Waals surface area contributed by atoms with E-state index in [2.05, 4.69) is 0 Å². The maximum atomic E-state index is 13.4. The average molecular weight is 266 g/mol. The summed E-state index contributed by atoms with van der Waals surface area (Å²) in [6, 6.07) is 2.76. The van der Waals surface area contributed by atoms with E-state index >= 15 is 0 Å². The summed E-state index contributed by atoms with van der Waals surface area (Å²) in [4.78, 5) is 13.3. The molecule has 0 aliphatic heterocycles. The van der Waals surface area contributed by atoms with Crippen LogP contribution >= 0.6 is 0 Å². The van der Waals surface area contributed by atoms with Crippen molar-refractivity contribution in [1.29, 1.82) is 0 Å². The van der Waals surface area contributed by atoms with Crippen LogP contribution in [0.15, 0.2) is 12.1 Å². The summed E-state index contributed by atoms with van der Waals surface area (Å²) >= 11 is 0. The second-order valence-electron chi connectivity index (χ2n) is 5.05.